The normalized spacial score (nSPS) is 12.0. The summed E-state index contributed by atoms with van der Waals surface area (Å²) in [6.07, 6.45) is 2.31. The SMILES string of the molecule is COc1ccc(-c2nnc([C@H](C)OC(=O)/C=C/c3cccc(OC)c3)o2)cc1. The average Bonchev–Trinajstić information content (AvgIpc) is 3.23. The summed E-state index contributed by atoms with van der Waals surface area (Å²) < 4.78 is 21.2. The van der Waals surface area contributed by atoms with Crippen LogP contribution in [0, 0.1) is 0 Å². The zero-order valence-electron chi connectivity index (χ0n) is 15.8. The predicted octanol–water partition coefficient (Wildman–Crippen LogP) is 4.07. The number of nitrogens with zero attached hydrogens (tertiary/aromatic N) is 2. The van der Waals surface area contributed by atoms with Crippen molar-refractivity contribution in [3.8, 4) is 23.0 Å². The molecule has 3 rings (SSSR count). The lowest BCUT2D eigenvalue weighted by Gasteiger charge is -2.07. The number of benzene rings is 2. The fourth-order valence-corrected chi connectivity index (χ4v) is 2.42. The molecule has 1 aromatic heterocycles. The van der Waals surface area contributed by atoms with Gasteiger partial charge in [-0.2, -0.15) is 0 Å². The molecule has 0 aliphatic rings. The summed E-state index contributed by atoms with van der Waals surface area (Å²) >= 11 is 0. The molecule has 144 valence electrons. The second-order valence-corrected chi connectivity index (χ2v) is 5.86. The van der Waals surface area contributed by atoms with Gasteiger partial charge in [0.2, 0.25) is 5.89 Å². The average molecular weight is 380 g/mol. The first kappa shape index (κ1) is 19.2. The fourth-order valence-electron chi connectivity index (χ4n) is 2.42. The van der Waals surface area contributed by atoms with Crippen molar-refractivity contribution < 1.29 is 23.4 Å². The minimum absolute atomic E-state index is 0.217. The fraction of sp³-hybridized carbons (Fsp3) is 0.190. The first-order chi connectivity index (χ1) is 13.6. The van der Waals surface area contributed by atoms with Gasteiger partial charge in [-0.1, -0.05) is 12.1 Å². The number of hydrogen-bond acceptors (Lipinski definition) is 7. The van der Waals surface area contributed by atoms with Crippen LogP contribution < -0.4 is 9.47 Å². The maximum Gasteiger partial charge on any atom is 0.331 e. The van der Waals surface area contributed by atoms with E-state index in [1.54, 1.807) is 39.4 Å². The van der Waals surface area contributed by atoms with Gasteiger partial charge in [-0.05, 0) is 55.0 Å². The standard InChI is InChI=1S/C21H20N2O5/c1-14(27-19(24)12-7-15-5-4-6-18(13-15)26-3)20-22-23-21(28-20)16-8-10-17(25-2)11-9-16/h4-14H,1-3H3/b12-7+/t14-/m0/s1. The third-order valence-corrected chi connectivity index (χ3v) is 3.92. The summed E-state index contributed by atoms with van der Waals surface area (Å²) in [6.45, 7) is 1.67. The summed E-state index contributed by atoms with van der Waals surface area (Å²) in [5.74, 6) is 1.48. The quantitative estimate of drug-likeness (QED) is 0.451. The molecule has 0 fully saturated rings. The molecular weight excluding hydrogens is 360 g/mol. The highest BCUT2D eigenvalue weighted by Crippen LogP contribution is 2.24. The Balaban J connectivity index is 1.62. The number of aromatic nitrogens is 2. The number of rotatable bonds is 7. The number of carbonyl (C=O) groups is 1. The summed E-state index contributed by atoms with van der Waals surface area (Å²) in [4.78, 5) is 12.1. The largest absolute Gasteiger partial charge is 0.497 e. The molecule has 7 heteroatoms. The second-order valence-electron chi connectivity index (χ2n) is 5.86. The van der Waals surface area contributed by atoms with Crippen LogP contribution in [-0.2, 0) is 9.53 Å². The van der Waals surface area contributed by atoms with Crippen molar-refractivity contribution in [1.29, 1.82) is 0 Å². The van der Waals surface area contributed by atoms with Crippen LogP contribution >= 0.6 is 0 Å². The molecule has 0 saturated carbocycles. The second kappa shape index (κ2) is 8.85. The van der Waals surface area contributed by atoms with Gasteiger partial charge in [0.25, 0.3) is 5.89 Å². The van der Waals surface area contributed by atoms with E-state index in [-0.39, 0.29) is 5.89 Å². The van der Waals surface area contributed by atoms with Crippen LogP contribution in [0.15, 0.2) is 59.0 Å². The van der Waals surface area contributed by atoms with E-state index in [1.165, 1.54) is 6.08 Å². The van der Waals surface area contributed by atoms with Crippen LogP contribution in [0.1, 0.15) is 24.5 Å². The summed E-state index contributed by atoms with van der Waals surface area (Å²) in [6, 6.07) is 14.5. The molecule has 28 heavy (non-hydrogen) atoms. The van der Waals surface area contributed by atoms with E-state index in [1.807, 2.05) is 36.4 Å². The molecule has 0 radical (unpaired) electrons. The maximum absolute atomic E-state index is 12.1. The Morgan fingerprint density at radius 2 is 1.79 bits per heavy atom. The lowest BCUT2D eigenvalue weighted by Crippen LogP contribution is -2.06. The van der Waals surface area contributed by atoms with Gasteiger partial charge >= 0.3 is 5.97 Å². The number of esters is 1. The van der Waals surface area contributed by atoms with Gasteiger partial charge in [0.1, 0.15) is 11.5 Å². The number of ether oxygens (including phenoxy) is 3. The number of methoxy groups -OCH3 is 2. The van der Waals surface area contributed by atoms with Crippen LogP contribution in [0.25, 0.3) is 17.5 Å². The smallest absolute Gasteiger partial charge is 0.331 e. The Labute approximate surface area is 162 Å². The third kappa shape index (κ3) is 4.76. The van der Waals surface area contributed by atoms with Crippen molar-refractivity contribution in [2.75, 3.05) is 14.2 Å². The predicted molar refractivity (Wildman–Crippen MR) is 103 cm³/mol. The van der Waals surface area contributed by atoms with Gasteiger partial charge in [0.05, 0.1) is 14.2 Å². The first-order valence-corrected chi connectivity index (χ1v) is 8.59. The zero-order chi connectivity index (χ0) is 19.9. The maximum atomic E-state index is 12.1. The Morgan fingerprint density at radius 1 is 1.04 bits per heavy atom. The van der Waals surface area contributed by atoms with E-state index in [2.05, 4.69) is 10.2 Å². The summed E-state index contributed by atoms with van der Waals surface area (Å²) in [5.41, 5.74) is 1.57. The lowest BCUT2D eigenvalue weighted by molar-refractivity contribution is -0.143. The molecule has 0 bridgehead atoms. The Morgan fingerprint density at radius 3 is 2.50 bits per heavy atom. The van der Waals surface area contributed by atoms with Gasteiger partial charge in [-0.25, -0.2) is 4.79 Å². The first-order valence-electron chi connectivity index (χ1n) is 8.59. The topological polar surface area (TPSA) is 83.7 Å². The van der Waals surface area contributed by atoms with Crippen molar-refractivity contribution in [3.63, 3.8) is 0 Å². The highest BCUT2D eigenvalue weighted by Gasteiger charge is 2.18. The van der Waals surface area contributed by atoms with Crippen LogP contribution in [-0.4, -0.2) is 30.4 Å². The lowest BCUT2D eigenvalue weighted by atomic mass is 10.2. The molecule has 0 spiro atoms. The third-order valence-electron chi connectivity index (χ3n) is 3.92. The molecule has 0 amide bonds. The van der Waals surface area contributed by atoms with Gasteiger partial charge in [0, 0.05) is 11.6 Å². The molecule has 0 unspecified atom stereocenters. The van der Waals surface area contributed by atoms with Crippen molar-refractivity contribution in [1.82, 2.24) is 10.2 Å². The number of carbonyl (C=O) groups excluding carboxylic acids is 1. The summed E-state index contributed by atoms with van der Waals surface area (Å²) in [5, 5.41) is 7.97. The minimum atomic E-state index is -0.679. The monoisotopic (exact) mass is 380 g/mol. The molecule has 0 saturated heterocycles. The minimum Gasteiger partial charge on any atom is -0.497 e. The van der Waals surface area contributed by atoms with E-state index >= 15 is 0 Å². The molecule has 7 nitrogen and oxygen atoms in total. The Kier molecular flexibility index (Phi) is 6.06. The van der Waals surface area contributed by atoms with E-state index in [4.69, 9.17) is 18.6 Å². The Bertz CT molecular complexity index is 963. The highest BCUT2D eigenvalue weighted by atomic mass is 16.6. The molecule has 1 atom stereocenters. The van der Waals surface area contributed by atoms with Crippen LogP contribution in [0.3, 0.4) is 0 Å². The molecule has 1 heterocycles. The van der Waals surface area contributed by atoms with E-state index in [9.17, 15) is 4.79 Å². The van der Waals surface area contributed by atoms with Crippen LogP contribution in [0.4, 0.5) is 0 Å². The van der Waals surface area contributed by atoms with Gasteiger partial charge in [0.15, 0.2) is 6.10 Å². The molecule has 0 aliphatic carbocycles. The van der Waals surface area contributed by atoms with Crippen molar-refractivity contribution >= 4 is 12.0 Å². The highest BCUT2D eigenvalue weighted by molar-refractivity contribution is 5.87. The summed E-state index contributed by atoms with van der Waals surface area (Å²) in [7, 11) is 3.18. The molecule has 3 aromatic rings. The van der Waals surface area contributed by atoms with Gasteiger partial charge in [-0.15, -0.1) is 10.2 Å². The van der Waals surface area contributed by atoms with Crippen LogP contribution in [0.2, 0.25) is 0 Å². The van der Waals surface area contributed by atoms with Crippen molar-refractivity contribution in [3.05, 3.63) is 66.1 Å². The van der Waals surface area contributed by atoms with E-state index < -0.39 is 12.1 Å². The van der Waals surface area contributed by atoms with Gasteiger partial charge < -0.3 is 18.6 Å². The van der Waals surface area contributed by atoms with E-state index in [0.29, 0.717) is 11.6 Å². The molecule has 0 aliphatic heterocycles. The Hall–Kier alpha value is -3.61. The van der Waals surface area contributed by atoms with E-state index in [0.717, 1.165) is 16.9 Å². The zero-order valence-corrected chi connectivity index (χ0v) is 15.8. The van der Waals surface area contributed by atoms with Crippen molar-refractivity contribution in [2.45, 2.75) is 13.0 Å². The van der Waals surface area contributed by atoms with Gasteiger partial charge in [-0.3, -0.25) is 0 Å². The van der Waals surface area contributed by atoms with Crippen LogP contribution in [0.5, 0.6) is 11.5 Å². The number of hydrogen-bond donors (Lipinski definition) is 0. The molecular formula is C21H20N2O5. The van der Waals surface area contributed by atoms with Crippen molar-refractivity contribution in [2.24, 2.45) is 0 Å². The molecule has 0 N–H and O–H groups in total. The molecule has 2 aromatic carbocycles.